The Bertz CT molecular complexity index is 826. The fourth-order valence-corrected chi connectivity index (χ4v) is 2.69. The van der Waals surface area contributed by atoms with Crippen LogP contribution in [0.2, 0.25) is 5.02 Å². The first-order chi connectivity index (χ1) is 12.4. The van der Waals surface area contributed by atoms with Gasteiger partial charge in [0.25, 0.3) is 5.91 Å². The molecule has 26 heavy (non-hydrogen) atoms. The normalized spacial score (nSPS) is 11.5. The molecule has 0 aromatic heterocycles. The Morgan fingerprint density at radius 3 is 2.42 bits per heavy atom. The van der Waals surface area contributed by atoms with Gasteiger partial charge in [-0.1, -0.05) is 49.7 Å². The number of halogens is 1. The van der Waals surface area contributed by atoms with E-state index in [2.05, 4.69) is 5.32 Å². The molecule has 2 aromatic rings. The Morgan fingerprint density at radius 1 is 1.15 bits per heavy atom. The summed E-state index contributed by atoms with van der Waals surface area (Å²) in [5.74, 6) is -1.48. The van der Waals surface area contributed by atoms with Crippen molar-refractivity contribution >= 4 is 29.2 Å². The van der Waals surface area contributed by atoms with E-state index in [1.807, 2.05) is 19.9 Å². The lowest BCUT2D eigenvalue weighted by Crippen LogP contribution is -2.26. The van der Waals surface area contributed by atoms with Crippen molar-refractivity contribution in [3.05, 3.63) is 64.7 Å². The number of esters is 1. The number of amides is 1. The molecule has 1 amide bonds. The largest absolute Gasteiger partial charge is 0.455 e. The molecule has 2 rings (SSSR count). The highest BCUT2D eigenvalue weighted by Crippen LogP contribution is 2.27. The molecule has 0 aliphatic rings. The first-order valence-electron chi connectivity index (χ1n) is 8.13. The van der Waals surface area contributed by atoms with Gasteiger partial charge in [-0.05, 0) is 35.7 Å². The molecule has 0 aliphatic carbocycles. The second-order valence-electron chi connectivity index (χ2n) is 6.09. The fourth-order valence-electron chi connectivity index (χ4n) is 2.57. The maximum atomic E-state index is 12.5. The molecule has 0 aliphatic heterocycles. The summed E-state index contributed by atoms with van der Waals surface area (Å²) in [7, 11) is 0. The van der Waals surface area contributed by atoms with Gasteiger partial charge in [-0.15, -0.1) is 0 Å². The predicted molar refractivity (Wildman–Crippen MR) is 99.8 cm³/mol. The molecule has 0 heterocycles. The average molecular weight is 371 g/mol. The Hall–Kier alpha value is -2.84. The summed E-state index contributed by atoms with van der Waals surface area (Å²) >= 11 is 5.89. The van der Waals surface area contributed by atoms with Crippen LogP contribution in [0.5, 0.6) is 0 Å². The minimum atomic E-state index is -0.500. The monoisotopic (exact) mass is 370 g/mol. The van der Waals surface area contributed by atoms with Crippen molar-refractivity contribution in [2.24, 2.45) is 5.92 Å². The number of hydrogen-bond donors (Lipinski definition) is 1. The molecule has 0 spiro atoms. The van der Waals surface area contributed by atoms with Crippen molar-refractivity contribution in [1.29, 1.82) is 5.26 Å². The molecule has 5 nitrogen and oxygen atoms in total. The van der Waals surface area contributed by atoms with E-state index in [1.165, 1.54) is 0 Å². The van der Waals surface area contributed by atoms with E-state index in [1.54, 1.807) is 48.5 Å². The van der Waals surface area contributed by atoms with E-state index >= 15 is 0 Å². The highest BCUT2D eigenvalue weighted by Gasteiger charge is 2.26. The Morgan fingerprint density at radius 2 is 1.81 bits per heavy atom. The average Bonchev–Trinajstić information content (AvgIpc) is 2.62. The van der Waals surface area contributed by atoms with Gasteiger partial charge in [0.15, 0.2) is 6.61 Å². The summed E-state index contributed by atoms with van der Waals surface area (Å²) < 4.78 is 5.19. The van der Waals surface area contributed by atoms with Crippen LogP contribution in [0.1, 0.15) is 30.9 Å². The summed E-state index contributed by atoms with van der Waals surface area (Å²) in [6, 6.07) is 15.6. The van der Waals surface area contributed by atoms with Crippen molar-refractivity contribution < 1.29 is 14.3 Å². The van der Waals surface area contributed by atoms with Crippen LogP contribution in [0, 0.1) is 17.2 Å². The van der Waals surface area contributed by atoms with Gasteiger partial charge in [-0.2, -0.15) is 5.26 Å². The van der Waals surface area contributed by atoms with E-state index in [0.29, 0.717) is 16.3 Å². The van der Waals surface area contributed by atoms with Crippen molar-refractivity contribution in [2.75, 3.05) is 11.9 Å². The number of nitriles is 1. The van der Waals surface area contributed by atoms with E-state index in [4.69, 9.17) is 21.6 Å². The predicted octanol–water partition coefficient (Wildman–Crippen LogP) is 4.13. The van der Waals surface area contributed by atoms with Gasteiger partial charge in [0.05, 0.1) is 17.2 Å². The van der Waals surface area contributed by atoms with Crippen LogP contribution >= 0.6 is 11.6 Å². The zero-order chi connectivity index (χ0) is 19.1. The summed E-state index contributed by atoms with van der Waals surface area (Å²) in [5, 5.41) is 12.2. The number of carbonyl (C=O) groups excluding carboxylic acids is 2. The standard InChI is InChI=1S/C20H19ClN2O3/c1-13(2)19(14-7-9-16(21)10-8-14)20(25)26-12-18(24)23-17-6-4-3-5-15(17)11-22/h3-10,13,19H,12H2,1-2H3,(H,23,24)/t19-/m0/s1. The molecule has 0 saturated carbocycles. The van der Waals surface area contributed by atoms with Gasteiger partial charge in [0, 0.05) is 5.02 Å². The summed E-state index contributed by atoms with van der Waals surface area (Å²) in [6.45, 7) is 3.39. The van der Waals surface area contributed by atoms with Gasteiger partial charge in [-0.3, -0.25) is 9.59 Å². The van der Waals surface area contributed by atoms with E-state index < -0.39 is 24.4 Å². The minimum absolute atomic E-state index is 0.00829. The highest BCUT2D eigenvalue weighted by atomic mass is 35.5. The van der Waals surface area contributed by atoms with Crippen molar-refractivity contribution in [2.45, 2.75) is 19.8 Å². The molecular formula is C20H19ClN2O3. The molecule has 1 atom stereocenters. The minimum Gasteiger partial charge on any atom is -0.455 e. The molecule has 0 radical (unpaired) electrons. The first-order valence-corrected chi connectivity index (χ1v) is 8.51. The number of nitrogens with zero attached hydrogens (tertiary/aromatic N) is 1. The molecule has 0 bridgehead atoms. The third-order valence-electron chi connectivity index (χ3n) is 3.82. The van der Waals surface area contributed by atoms with E-state index in [9.17, 15) is 9.59 Å². The van der Waals surface area contributed by atoms with Crippen LogP contribution in [0.3, 0.4) is 0 Å². The topological polar surface area (TPSA) is 79.2 Å². The fraction of sp³-hybridized carbons (Fsp3) is 0.250. The van der Waals surface area contributed by atoms with Crippen molar-refractivity contribution in [3.8, 4) is 6.07 Å². The Balaban J connectivity index is 2.00. The van der Waals surface area contributed by atoms with Gasteiger partial charge in [0.1, 0.15) is 6.07 Å². The molecule has 0 fully saturated rings. The van der Waals surface area contributed by atoms with E-state index in [0.717, 1.165) is 5.56 Å². The molecule has 2 aromatic carbocycles. The summed E-state index contributed by atoms with van der Waals surface area (Å²) in [5.41, 5.74) is 1.51. The van der Waals surface area contributed by atoms with Crippen molar-refractivity contribution in [3.63, 3.8) is 0 Å². The number of nitrogens with one attached hydrogen (secondary N) is 1. The lowest BCUT2D eigenvalue weighted by atomic mass is 9.88. The third-order valence-corrected chi connectivity index (χ3v) is 4.07. The molecule has 134 valence electrons. The maximum Gasteiger partial charge on any atom is 0.314 e. The van der Waals surface area contributed by atoms with Crippen LogP contribution in [-0.4, -0.2) is 18.5 Å². The quantitative estimate of drug-likeness (QED) is 0.775. The maximum absolute atomic E-state index is 12.5. The highest BCUT2D eigenvalue weighted by molar-refractivity contribution is 6.30. The number of rotatable bonds is 6. The lowest BCUT2D eigenvalue weighted by Gasteiger charge is -2.20. The van der Waals surface area contributed by atoms with Crippen LogP contribution in [0.4, 0.5) is 5.69 Å². The molecule has 6 heteroatoms. The second kappa shape index (κ2) is 9.02. The van der Waals surface area contributed by atoms with Gasteiger partial charge < -0.3 is 10.1 Å². The summed E-state index contributed by atoms with van der Waals surface area (Å²) in [6.07, 6.45) is 0. The van der Waals surface area contributed by atoms with Gasteiger partial charge >= 0.3 is 5.97 Å². The Kier molecular flexibility index (Phi) is 6.76. The zero-order valence-electron chi connectivity index (χ0n) is 14.5. The number of hydrogen-bond acceptors (Lipinski definition) is 4. The number of ether oxygens (including phenoxy) is 1. The number of benzene rings is 2. The van der Waals surface area contributed by atoms with Crippen LogP contribution in [-0.2, 0) is 14.3 Å². The molecule has 0 unspecified atom stereocenters. The van der Waals surface area contributed by atoms with Crippen LogP contribution in [0.15, 0.2) is 48.5 Å². The van der Waals surface area contributed by atoms with E-state index in [-0.39, 0.29) is 5.92 Å². The van der Waals surface area contributed by atoms with Gasteiger partial charge in [0.2, 0.25) is 0 Å². The molecular weight excluding hydrogens is 352 g/mol. The lowest BCUT2D eigenvalue weighted by molar-refractivity contribution is -0.149. The number of anilines is 1. The third kappa shape index (κ3) is 5.08. The second-order valence-corrected chi connectivity index (χ2v) is 6.52. The van der Waals surface area contributed by atoms with Crippen molar-refractivity contribution in [1.82, 2.24) is 0 Å². The smallest absolute Gasteiger partial charge is 0.314 e. The number of para-hydroxylation sites is 1. The molecule has 1 N–H and O–H groups in total. The zero-order valence-corrected chi connectivity index (χ0v) is 15.3. The Labute approximate surface area is 157 Å². The SMILES string of the molecule is CC(C)[C@H](C(=O)OCC(=O)Nc1ccccc1C#N)c1ccc(Cl)cc1. The van der Waals surface area contributed by atoms with Gasteiger partial charge in [-0.25, -0.2) is 0 Å². The molecule has 0 saturated heterocycles. The number of carbonyl (C=O) groups is 2. The first kappa shape index (κ1) is 19.5. The summed E-state index contributed by atoms with van der Waals surface area (Å²) in [4.78, 5) is 24.5. The van der Waals surface area contributed by atoms with Crippen LogP contribution in [0.25, 0.3) is 0 Å². The van der Waals surface area contributed by atoms with Crippen LogP contribution < -0.4 is 5.32 Å².